The molecule has 0 unspecified atom stereocenters. The normalized spacial score (nSPS) is 14.3. The number of nitrogens with zero attached hydrogens (tertiary/aromatic N) is 2. The van der Waals surface area contributed by atoms with Gasteiger partial charge in [-0.1, -0.05) is 23.7 Å². The van der Waals surface area contributed by atoms with E-state index >= 15 is 0 Å². The average Bonchev–Trinajstić information content (AvgIpc) is 3.23. The van der Waals surface area contributed by atoms with Crippen LogP contribution in [0.4, 0.5) is 0 Å². The molecule has 4 nitrogen and oxygen atoms in total. The van der Waals surface area contributed by atoms with Gasteiger partial charge in [-0.2, -0.15) is 4.98 Å². The van der Waals surface area contributed by atoms with Crippen LogP contribution < -0.4 is 4.74 Å². The van der Waals surface area contributed by atoms with E-state index < -0.39 is 0 Å². The van der Waals surface area contributed by atoms with Gasteiger partial charge in [-0.3, -0.25) is 0 Å². The van der Waals surface area contributed by atoms with Gasteiger partial charge in [0.2, 0.25) is 5.88 Å². The molecule has 1 heterocycles. The number of aromatic nitrogens is 2. The van der Waals surface area contributed by atoms with Crippen molar-refractivity contribution < 1.29 is 9.47 Å². The SMILES string of the molecule is COCc1cccc(Oc2cc(Cl)nc(C3CC3)n2)c1. The first-order valence-corrected chi connectivity index (χ1v) is 6.92. The predicted octanol–water partition coefficient (Wildman–Crippen LogP) is 3.95. The molecule has 0 bridgehead atoms. The summed E-state index contributed by atoms with van der Waals surface area (Å²) >= 11 is 6.02. The van der Waals surface area contributed by atoms with Crippen LogP contribution in [0.5, 0.6) is 11.6 Å². The van der Waals surface area contributed by atoms with Crippen molar-refractivity contribution >= 4 is 11.6 Å². The summed E-state index contributed by atoms with van der Waals surface area (Å²) in [5.41, 5.74) is 1.05. The molecule has 1 saturated carbocycles. The van der Waals surface area contributed by atoms with Crippen molar-refractivity contribution in [2.45, 2.75) is 25.4 Å². The minimum Gasteiger partial charge on any atom is -0.439 e. The second kappa shape index (κ2) is 5.77. The molecule has 0 aliphatic heterocycles. The van der Waals surface area contributed by atoms with Crippen LogP contribution in [0, 0.1) is 0 Å². The highest BCUT2D eigenvalue weighted by molar-refractivity contribution is 6.29. The third-order valence-corrected chi connectivity index (χ3v) is 3.26. The molecular formula is C15H15ClN2O2. The molecular weight excluding hydrogens is 276 g/mol. The van der Waals surface area contributed by atoms with E-state index in [1.54, 1.807) is 13.2 Å². The van der Waals surface area contributed by atoms with E-state index in [0.29, 0.717) is 23.6 Å². The van der Waals surface area contributed by atoms with Crippen LogP contribution in [-0.4, -0.2) is 17.1 Å². The highest BCUT2D eigenvalue weighted by Gasteiger charge is 2.27. The van der Waals surface area contributed by atoms with Gasteiger partial charge in [-0.15, -0.1) is 0 Å². The van der Waals surface area contributed by atoms with Gasteiger partial charge in [0.05, 0.1) is 6.61 Å². The molecule has 5 heteroatoms. The summed E-state index contributed by atoms with van der Waals surface area (Å²) in [7, 11) is 1.67. The maximum Gasteiger partial charge on any atom is 0.224 e. The Kier molecular flexibility index (Phi) is 3.85. The van der Waals surface area contributed by atoms with Gasteiger partial charge in [0.1, 0.15) is 16.7 Å². The molecule has 1 aliphatic carbocycles. The zero-order valence-electron chi connectivity index (χ0n) is 11.2. The van der Waals surface area contributed by atoms with Crippen molar-refractivity contribution in [2.24, 2.45) is 0 Å². The Hall–Kier alpha value is -1.65. The first-order chi connectivity index (χ1) is 9.74. The van der Waals surface area contributed by atoms with E-state index in [9.17, 15) is 0 Å². The Morgan fingerprint density at radius 3 is 2.85 bits per heavy atom. The minimum atomic E-state index is 0.421. The maximum absolute atomic E-state index is 6.02. The highest BCUT2D eigenvalue weighted by Crippen LogP contribution is 2.39. The van der Waals surface area contributed by atoms with Crippen LogP contribution in [0.2, 0.25) is 5.15 Å². The standard InChI is InChI=1S/C15H15ClN2O2/c1-19-9-10-3-2-4-12(7-10)20-14-8-13(16)17-15(18-14)11-5-6-11/h2-4,7-8,11H,5-6,9H2,1H3. The lowest BCUT2D eigenvalue weighted by atomic mass is 10.2. The van der Waals surface area contributed by atoms with E-state index in [1.165, 1.54) is 0 Å². The van der Waals surface area contributed by atoms with Crippen molar-refractivity contribution in [1.82, 2.24) is 9.97 Å². The zero-order chi connectivity index (χ0) is 13.9. The number of hydrogen-bond acceptors (Lipinski definition) is 4. The third-order valence-electron chi connectivity index (χ3n) is 3.06. The summed E-state index contributed by atoms with van der Waals surface area (Å²) in [6.45, 7) is 0.551. The second-order valence-corrected chi connectivity index (χ2v) is 5.23. The fraction of sp³-hybridized carbons (Fsp3) is 0.333. The first kappa shape index (κ1) is 13.3. The Morgan fingerprint density at radius 1 is 1.25 bits per heavy atom. The largest absolute Gasteiger partial charge is 0.439 e. The van der Waals surface area contributed by atoms with Gasteiger partial charge in [-0.25, -0.2) is 4.98 Å². The molecule has 0 amide bonds. The van der Waals surface area contributed by atoms with Gasteiger partial charge in [0.25, 0.3) is 0 Å². The number of benzene rings is 1. The van der Waals surface area contributed by atoms with Crippen molar-refractivity contribution in [3.63, 3.8) is 0 Å². The second-order valence-electron chi connectivity index (χ2n) is 4.84. The summed E-state index contributed by atoms with van der Waals surface area (Å²) in [6, 6.07) is 9.35. The average molecular weight is 291 g/mol. The molecule has 3 rings (SSSR count). The van der Waals surface area contributed by atoms with Crippen molar-refractivity contribution in [3.8, 4) is 11.6 Å². The van der Waals surface area contributed by atoms with E-state index in [4.69, 9.17) is 21.1 Å². The number of methoxy groups -OCH3 is 1. The summed E-state index contributed by atoms with van der Waals surface area (Å²) in [5.74, 6) is 2.42. The lowest BCUT2D eigenvalue weighted by Crippen LogP contribution is -1.97. The lowest BCUT2D eigenvalue weighted by Gasteiger charge is -2.08. The number of ether oxygens (including phenoxy) is 2. The number of halogens is 1. The van der Waals surface area contributed by atoms with Crippen LogP contribution in [0.25, 0.3) is 0 Å². The quantitative estimate of drug-likeness (QED) is 0.782. The topological polar surface area (TPSA) is 44.2 Å². The number of hydrogen-bond donors (Lipinski definition) is 0. The fourth-order valence-electron chi connectivity index (χ4n) is 1.98. The van der Waals surface area contributed by atoms with Crippen molar-refractivity contribution in [2.75, 3.05) is 7.11 Å². The Labute approximate surface area is 122 Å². The molecule has 1 aromatic carbocycles. The molecule has 2 aromatic rings. The molecule has 1 aromatic heterocycles. The van der Waals surface area contributed by atoms with Crippen LogP contribution >= 0.6 is 11.6 Å². The van der Waals surface area contributed by atoms with Gasteiger partial charge in [-0.05, 0) is 30.5 Å². The Bertz CT molecular complexity index is 615. The minimum absolute atomic E-state index is 0.421. The zero-order valence-corrected chi connectivity index (χ0v) is 11.9. The highest BCUT2D eigenvalue weighted by atomic mass is 35.5. The van der Waals surface area contributed by atoms with E-state index in [1.807, 2.05) is 24.3 Å². The van der Waals surface area contributed by atoms with Gasteiger partial charge < -0.3 is 9.47 Å². The van der Waals surface area contributed by atoms with Gasteiger partial charge in [0.15, 0.2) is 0 Å². The van der Waals surface area contributed by atoms with Gasteiger partial charge >= 0.3 is 0 Å². The summed E-state index contributed by atoms with van der Waals surface area (Å²) in [6.07, 6.45) is 2.26. The molecule has 0 N–H and O–H groups in total. The Morgan fingerprint density at radius 2 is 2.10 bits per heavy atom. The molecule has 0 atom stereocenters. The predicted molar refractivity (Wildman–Crippen MR) is 76.2 cm³/mol. The van der Waals surface area contributed by atoms with E-state index in [-0.39, 0.29) is 0 Å². The molecule has 20 heavy (non-hydrogen) atoms. The van der Waals surface area contributed by atoms with Crippen LogP contribution in [-0.2, 0) is 11.3 Å². The maximum atomic E-state index is 6.02. The monoisotopic (exact) mass is 290 g/mol. The molecule has 0 radical (unpaired) electrons. The fourth-order valence-corrected chi connectivity index (χ4v) is 2.16. The van der Waals surface area contributed by atoms with Crippen LogP contribution in [0.3, 0.4) is 0 Å². The smallest absolute Gasteiger partial charge is 0.224 e. The van der Waals surface area contributed by atoms with Gasteiger partial charge in [0, 0.05) is 19.1 Å². The van der Waals surface area contributed by atoms with Crippen LogP contribution in [0.1, 0.15) is 30.1 Å². The summed E-state index contributed by atoms with van der Waals surface area (Å²) < 4.78 is 10.9. The van der Waals surface area contributed by atoms with Crippen LogP contribution in [0.15, 0.2) is 30.3 Å². The summed E-state index contributed by atoms with van der Waals surface area (Å²) in [4.78, 5) is 8.66. The molecule has 104 valence electrons. The number of rotatable bonds is 5. The van der Waals surface area contributed by atoms with E-state index in [0.717, 1.165) is 30.0 Å². The van der Waals surface area contributed by atoms with Crippen molar-refractivity contribution in [3.05, 3.63) is 46.9 Å². The summed E-state index contributed by atoms with van der Waals surface area (Å²) in [5, 5.41) is 0.421. The Balaban J connectivity index is 1.81. The molecule has 1 fully saturated rings. The molecule has 0 spiro atoms. The van der Waals surface area contributed by atoms with Crippen molar-refractivity contribution in [1.29, 1.82) is 0 Å². The first-order valence-electron chi connectivity index (χ1n) is 6.55. The lowest BCUT2D eigenvalue weighted by molar-refractivity contribution is 0.184. The molecule has 1 aliphatic rings. The third kappa shape index (κ3) is 3.26. The molecule has 0 saturated heterocycles. The van der Waals surface area contributed by atoms with E-state index in [2.05, 4.69) is 9.97 Å².